The number of anilines is 3. The molecular weight excluding hydrogens is 701 g/mol. The lowest BCUT2D eigenvalue weighted by Gasteiger charge is -2.28. The van der Waals surface area contributed by atoms with E-state index >= 15 is 0 Å². The van der Waals surface area contributed by atoms with Crippen molar-refractivity contribution in [2.24, 2.45) is 0 Å². The molecule has 6 heteroatoms. The van der Waals surface area contributed by atoms with Gasteiger partial charge in [-0.2, -0.15) is 0 Å². The lowest BCUT2D eigenvalue weighted by molar-refractivity contribution is 0.446. The van der Waals surface area contributed by atoms with Crippen molar-refractivity contribution in [1.29, 1.82) is 0 Å². The molecule has 0 atom stereocenters. The van der Waals surface area contributed by atoms with Crippen LogP contribution in [0, 0.1) is 0 Å². The molecule has 0 unspecified atom stereocenters. The predicted octanol–water partition coefficient (Wildman–Crippen LogP) is 13.7. The Balaban J connectivity index is 1.36. The minimum Gasteiger partial charge on any atom is -0.507 e. The summed E-state index contributed by atoms with van der Waals surface area (Å²) < 4.78 is 6.59. The zero-order valence-electron chi connectivity index (χ0n) is 33.1. The van der Waals surface area contributed by atoms with Gasteiger partial charge in [0, 0.05) is 39.2 Å². The van der Waals surface area contributed by atoms with Gasteiger partial charge in [-0.05, 0) is 75.9 Å². The Hall–Kier alpha value is -6.79. The number of hydrogen-bond donors (Lipinski definition) is 1. The number of para-hydroxylation sites is 2. The maximum Gasteiger partial charge on any atom is 0.180 e. The average molecular weight is 745 g/mol. The quantitative estimate of drug-likeness (QED) is 0.183. The van der Waals surface area contributed by atoms with Gasteiger partial charge in [-0.3, -0.25) is 4.90 Å². The van der Waals surface area contributed by atoms with Crippen LogP contribution in [0.1, 0.15) is 52.7 Å². The highest BCUT2D eigenvalue weighted by Crippen LogP contribution is 2.47. The van der Waals surface area contributed by atoms with Gasteiger partial charge in [-0.25, -0.2) is 15.0 Å². The highest BCUT2D eigenvalue weighted by atomic mass is 16.3. The van der Waals surface area contributed by atoms with E-state index < -0.39 is 0 Å². The number of aromatic nitrogens is 3. The van der Waals surface area contributed by atoms with Crippen molar-refractivity contribution in [3.8, 4) is 39.5 Å². The summed E-state index contributed by atoms with van der Waals surface area (Å²) in [5.74, 6) is 1.49. The predicted molar refractivity (Wildman–Crippen MR) is 235 cm³/mol. The highest BCUT2D eigenvalue weighted by Gasteiger charge is 2.29. The first-order valence-corrected chi connectivity index (χ1v) is 19.4. The first-order valence-electron chi connectivity index (χ1n) is 19.4. The summed E-state index contributed by atoms with van der Waals surface area (Å²) in [6, 6.07) is 49.8. The number of aromatic hydroxyl groups is 1. The molecule has 1 N–H and O–H groups in total. The van der Waals surface area contributed by atoms with Gasteiger partial charge in [0.2, 0.25) is 0 Å². The van der Waals surface area contributed by atoms with E-state index in [1.54, 1.807) is 0 Å². The van der Waals surface area contributed by atoms with Crippen LogP contribution >= 0.6 is 0 Å². The minimum absolute atomic E-state index is 0.191. The van der Waals surface area contributed by atoms with E-state index in [0.29, 0.717) is 33.8 Å². The summed E-state index contributed by atoms with van der Waals surface area (Å²) >= 11 is 0. The van der Waals surface area contributed by atoms with Crippen molar-refractivity contribution >= 4 is 50.0 Å². The largest absolute Gasteiger partial charge is 0.507 e. The fraction of sp³-hybridized carbons (Fsp3) is 0.157. The van der Waals surface area contributed by atoms with E-state index in [4.69, 9.17) is 19.4 Å². The molecule has 0 saturated carbocycles. The molecule has 6 nitrogen and oxygen atoms in total. The summed E-state index contributed by atoms with van der Waals surface area (Å²) in [6.07, 6.45) is 1.83. The van der Waals surface area contributed by atoms with Crippen molar-refractivity contribution in [2.75, 3.05) is 4.90 Å². The SMILES string of the molecule is CC(C)(C)c1cc(-c2nc(-c3cc(N(c4ccccn4)c4ccccc4-c4ccccc4)c4ccccc4c3)nc3c2oc2ccccc23)c(O)c(C(C)(C)C)c1. The number of nitrogens with zero attached hydrogens (tertiary/aromatic N) is 4. The Bertz CT molecular complexity index is 2940. The Morgan fingerprint density at radius 1 is 0.579 bits per heavy atom. The number of benzene rings is 6. The topological polar surface area (TPSA) is 75.3 Å². The maximum absolute atomic E-state index is 12.2. The Morgan fingerprint density at radius 3 is 2.04 bits per heavy atom. The first-order chi connectivity index (χ1) is 27.5. The molecule has 9 aromatic rings. The van der Waals surface area contributed by atoms with Gasteiger partial charge in [0.25, 0.3) is 0 Å². The Morgan fingerprint density at radius 2 is 1.28 bits per heavy atom. The van der Waals surface area contributed by atoms with Crippen LogP contribution in [-0.4, -0.2) is 20.1 Å². The lowest BCUT2D eigenvalue weighted by Crippen LogP contribution is -2.17. The Labute approximate surface area is 333 Å². The fourth-order valence-electron chi connectivity index (χ4n) is 7.72. The van der Waals surface area contributed by atoms with Crippen LogP contribution < -0.4 is 4.90 Å². The fourth-order valence-corrected chi connectivity index (χ4v) is 7.72. The van der Waals surface area contributed by atoms with Gasteiger partial charge in [0.15, 0.2) is 11.4 Å². The first kappa shape index (κ1) is 35.9. The molecule has 0 aliphatic rings. The number of hydrogen-bond acceptors (Lipinski definition) is 6. The van der Waals surface area contributed by atoms with Crippen molar-refractivity contribution in [1.82, 2.24) is 15.0 Å². The van der Waals surface area contributed by atoms with E-state index in [1.165, 1.54) is 0 Å². The second-order valence-corrected chi connectivity index (χ2v) is 16.7. The number of furan rings is 1. The molecule has 0 bridgehead atoms. The van der Waals surface area contributed by atoms with Gasteiger partial charge < -0.3 is 9.52 Å². The third-order valence-electron chi connectivity index (χ3n) is 10.7. The monoisotopic (exact) mass is 744 g/mol. The summed E-state index contributed by atoms with van der Waals surface area (Å²) in [7, 11) is 0. The molecule has 3 heterocycles. The lowest BCUT2D eigenvalue weighted by atomic mass is 9.78. The summed E-state index contributed by atoms with van der Waals surface area (Å²) in [4.78, 5) is 17.8. The summed E-state index contributed by atoms with van der Waals surface area (Å²) in [6.45, 7) is 13.0. The molecule has 0 aliphatic carbocycles. The second-order valence-electron chi connectivity index (χ2n) is 16.7. The molecule has 3 aromatic heterocycles. The van der Waals surface area contributed by atoms with Crippen molar-refractivity contribution < 1.29 is 9.52 Å². The second kappa shape index (κ2) is 13.7. The normalized spacial score (nSPS) is 12.1. The van der Waals surface area contributed by atoms with E-state index in [0.717, 1.165) is 61.2 Å². The molecular formula is C51H44N4O2. The molecule has 0 fully saturated rings. The van der Waals surface area contributed by atoms with Crippen LogP contribution in [-0.2, 0) is 10.8 Å². The zero-order chi connectivity index (χ0) is 39.5. The molecule has 280 valence electrons. The van der Waals surface area contributed by atoms with Gasteiger partial charge in [-0.1, -0.05) is 139 Å². The van der Waals surface area contributed by atoms with Crippen molar-refractivity contribution in [2.45, 2.75) is 52.4 Å². The molecule has 0 radical (unpaired) electrons. The van der Waals surface area contributed by atoms with Gasteiger partial charge in [0.05, 0.1) is 11.4 Å². The van der Waals surface area contributed by atoms with Gasteiger partial charge in [0.1, 0.15) is 28.4 Å². The number of phenols is 1. The smallest absolute Gasteiger partial charge is 0.180 e. The van der Waals surface area contributed by atoms with Crippen LogP contribution in [0.5, 0.6) is 5.75 Å². The average Bonchev–Trinajstić information content (AvgIpc) is 3.59. The Kier molecular flexibility index (Phi) is 8.66. The van der Waals surface area contributed by atoms with Gasteiger partial charge >= 0.3 is 0 Å². The standard InChI is InChI=1S/C51H44N4O2/c1-50(2,3)35-30-39(47(56)40(31-35)51(4,5)6)46-48-45(38-23-13-15-25-43(38)57-48)53-49(54-46)34-28-33-20-10-11-22-37(33)42(29-34)55(44-26-16-17-27-52-44)41-24-14-12-21-36(41)32-18-8-7-9-19-32/h7-31,56H,1-6H3. The zero-order valence-corrected chi connectivity index (χ0v) is 33.1. The summed E-state index contributed by atoms with van der Waals surface area (Å²) in [5, 5.41) is 15.1. The third kappa shape index (κ3) is 6.47. The van der Waals surface area contributed by atoms with Crippen LogP contribution in [0.2, 0.25) is 0 Å². The minimum atomic E-state index is -0.332. The molecule has 0 amide bonds. The molecule has 6 aromatic carbocycles. The van der Waals surface area contributed by atoms with Crippen molar-refractivity contribution in [3.63, 3.8) is 0 Å². The molecule has 0 spiro atoms. The van der Waals surface area contributed by atoms with E-state index in [1.807, 2.05) is 54.7 Å². The van der Waals surface area contributed by atoms with Gasteiger partial charge in [-0.15, -0.1) is 0 Å². The highest BCUT2D eigenvalue weighted by molar-refractivity contribution is 6.08. The molecule has 0 aliphatic heterocycles. The van der Waals surface area contributed by atoms with E-state index in [-0.39, 0.29) is 16.6 Å². The molecule has 0 saturated heterocycles. The van der Waals surface area contributed by atoms with Crippen LogP contribution in [0.25, 0.3) is 66.6 Å². The van der Waals surface area contributed by atoms with E-state index in [2.05, 4.69) is 144 Å². The van der Waals surface area contributed by atoms with Crippen LogP contribution in [0.15, 0.2) is 156 Å². The van der Waals surface area contributed by atoms with Crippen LogP contribution in [0.4, 0.5) is 17.2 Å². The maximum atomic E-state index is 12.2. The molecule has 57 heavy (non-hydrogen) atoms. The number of fused-ring (bicyclic) bond motifs is 4. The number of pyridine rings is 1. The summed E-state index contributed by atoms with van der Waals surface area (Å²) in [5.41, 5.74) is 9.44. The number of rotatable bonds is 6. The van der Waals surface area contributed by atoms with E-state index in [9.17, 15) is 5.11 Å². The number of phenolic OH excluding ortho intramolecular Hbond substituents is 1. The third-order valence-corrected chi connectivity index (χ3v) is 10.7. The molecule has 9 rings (SSSR count). The van der Waals surface area contributed by atoms with Crippen LogP contribution in [0.3, 0.4) is 0 Å². The van der Waals surface area contributed by atoms with Crippen molar-refractivity contribution in [3.05, 3.63) is 163 Å².